The monoisotopic (exact) mass is 472 g/mol. The largest absolute Gasteiger partial charge is 0.496 e. The predicted octanol–water partition coefficient (Wildman–Crippen LogP) is 4.16. The molecule has 6 rings (SSSR count). The molecule has 1 amide bonds. The smallest absolute Gasteiger partial charge is 0.265 e. The molecule has 3 fully saturated rings. The van der Waals surface area contributed by atoms with Crippen LogP contribution in [-0.4, -0.2) is 49.9 Å². The minimum Gasteiger partial charge on any atom is -0.496 e. The highest BCUT2D eigenvalue weighted by molar-refractivity contribution is 7.90. The van der Waals surface area contributed by atoms with Gasteiger partial charge in [-0.25, -0.2) is 8.42 Å². The van der Waals surface area contributed by atoms with Crippen molar-refractivity contribution < 1.29 is 22.7 Å². The molecular formula is C25H32N2O5S. The average Bonchev–Trinajstić information content (AvgIpc) is 2.80. The number of hydrogen-bond acceptors (Lipinski definition) is 5. The van der Waals surface area contributed by atoms with Gasteiger partial charge in [0.25, 0.3) is 15.9 Å². The number of sulfonamides is 1. The highest BCUT2D eigenvalue weighted by Gasteiger charge is 2.32. The summed E-state index contributed by atoms with van der Waals surface area (Å²) in [6, 6.07) is 7.97. The number of nitrogens with zero attached hydrogens (tertiary/aromatic N) is 2. The molecule has 33 heavy (non-hydrogen) atoms. The van der Waals surface area contributed by atoms with E-state index in [1.54, 1.807) is 11.2 Å². The summed E-state index contributed by atoms with van der Waals surface area (Å²) in [5, 5.41) is 0. The van der Waals surface area contributed by atoms with E-state index in [-0.39, 0.29) is 30.3 Å². The average molecular weight is 473 g/mol. The molecule has 3 aliphatic heterocycles. The fourth-order valence-corrected chi connectivity index (χ4v) is 6.82. The number of allylic oxidation sites excluding steroid dienone is 1. The van der Waals surface area contributed by atoms with Gasteiger partial charge in [-0.3, -0.25) is 4.79 Å². The Hall–Kier alpha value is -2.35. The van der Waals surface area contributed by atoms with E-state index < -0.39 is 10.0 Å². The van der Waals surface area contributed by atoms with E-state index in [2.05, 4.69) is 10.5 Å². The molecule has 8 heteroatoms. The van der Waals surface area contributed by atoms with Gasteiger partial charge >= 0.3 is 0 Å². The van der Waals surface area contributed by atoms with E-state index in [9.17, 15) is 13.2 Å². The van der Waals surface area contributed by atoms with Crippen LogP contribution in [0.4, 0.5) is 0 Å². The first-order valence-electron chi connectivity index (χ1n) is 12.2. The molecule has 0 aromatic heterocycles. The number of carbonyl (C=O) groups excluding carboxylic acids is 1. The van der Waals surface area contributed by atoms with Crippen LogP contribution >= 0.6 is 0 Å². The first-order chi connectivity index (χ1) is 16.0. The maximum Gasteiger partial charge on any atom is 0.265 e. The molecule has 1 aromatic carbocycles. The van der Waals surface area contributed by atoms with E-state index in [1.807, 2.05) is 18.2 Å². The van der Waals surface area contributed by atoms with Gasteiger partial charge in [-0.15, -0.1) is 0 Å². The van der Waals surface area contributed by atoms with Crippen LogP contribution in [0, 0.1) is 5.92 Å². The molecule has 2 aliphatic carbocycles. The second-order valence-electron chi connectivity index (χ2n) is 9.67. The minimum absolute atomic E-state index is 0.0503. The molecule has 178 valence electrons. The third-order valence-electron chi connectivity index (χ3n) is 7.36. The van der Waals surface area contributed by atoms with Crippen LogP contribution in [0.5, 0.6) is 5.75 Å². The van der Waals surface area contributed by atoms with E-state index in [4.69, 9.17) is 9.47 Å². The summed E-state index contributed by atoms with van der Waals surface area (Å²) in [5.41, 5.74) is 2.05. The summed E-state index contributed by atoms with van der Waals surface area (Å²) in [7, 11) is -3.59. The zero-order chi connectivity index (χ0) is 22.8. The maximum atomic E-state index is 13.2. The Labute approximate surface area is 195 Å². The Kier molecular flexibility index (Phi) is 6.45. The number of hydrogen-bond donors (Lipinski definition) is 0. The molecule has 0 spiro atoms. The van der Waals surface area contributed by atoms with Gasteiger partial charge in [-0.1, -0.05) is 24.6 Å². The summed E-state index contributed by atoms with van der Waals surface area (Å²) >= 11 is 0. The third kappa shape index (κ3) is 5.10. The lowest BCUT2D eigenvalue weighted by Crippen LogP contribution is -2.41. The number of benzene rings is 1. The van der Waals surface area contributed by atoms with Crippen LogP contribution in [0.15, 0.2) is 40.6 Å². The highest BCUT2D eigenvalue weighted by atomic mass is 32.2. The van der Waals surface area contributed by atoms with Crippen LogP contribution in [0.2, 0.25) is 0 Å². The fourth-order valence-electron chi connectivity index (χ4n) is 5.29. The van der Waals surface area contributed by atoms with Crippen molar-refractivity contribution in [1.82, 2.24) is 4.90 Å². The van der Waals surface area contributed by atoms with E-state index in [1.165, 1.54) is 0 Å². The lowest BCUT2D eigenvalue weighted by Gasteiger charge is -2.31. The number of rotatable bonds is 3. The minimum atomic E-state index is -3.59. The highest BCUT2D eigenvalue weighted by Crippen LogP contribution is 2.39. The van der Waals surface area contributed by atoms with E-state index in [0.717, 1.165) is 56.3 Å². The molecule has 0 unspecified atom stereocenters. The second kappa shape index (κ2) is 9.49. The summed E-state index contributed by atoms with van der Waals surface area (Å²) in [5.74, 6) is 1.22. The van der Waals surface area contributed by atoms with Gasteiger partial charge < -0.3 is 14.4 Å². The van der Waals surface area contributed by atoms with Crippen molar-refractivity contribution in [2.45, 2.75) is 69.8 Å². The number of amides is 1. The van der Waals surface area contributed by atoms with E-state index in [0.29, 0.717) is 36.7 Å². The van der Waals surface area contributed by atoms with Gasteiger partial charge in [-0.2, -0.15) is 4.40 Å². The summed E-state index contributed by atoms with van der Waals surface area (Å²) in [6.07, 6.45) is 9.58. The van der Waals surface area contributed by atoms with Crippen molar-refractivity contribution in [2.24, 2.45) is 10.3 Å². The first kappa shape index (κ1) is 22.4. The number of para-hydroxylation sites is 1. The lowest BCUT2D eigenvalue weighted by atomic mass is 9.82. The quantitative estimate of drug-likeness (QED) is 0.660. The van der Waals surface area contributed by atoms with E-state index >= 15 is 0 Å². The molecule has 0 atom stereocenters. The number of carbonyl (C=O) groups is 1. The first-order valence-corrected chi connectivity index (χ1v) is 13.8. The third-order valence-corrected chi connectivity index (χ3v) is 8.75. The topological polar surface area (TPSA) is 85.3 Å². The zero-order valence-corrected chi connectivity index (χ0v) is 19.8. The molecule has 2 saturated carbocycles. The predicted molar refractivity (Wildman–Crippen MR) is 126 cm³/mol. The van der Waals surface area contributed by atoms with Gasteiger partial charge in [0, 0.05) is 6.54 Å². The number of ether oxygens (including phenoxy) is 2. The van der Waals surface area contributed by atoms with Crippen molar-refractivity contribution >= 4 is 21.6 Å². The molecule has 0 radical (unpaired) electrons. The van der Waals surface area contributed by atoms with Crippen LogP contribution < -0.4 is 4.74 Å². The summed E-state index contributed by atoms with van der Waals surface area (Å²) in [4.78, 5) is 14.8. The molecule has 5 aliphatic rings. The lowest BCUT2D eigenvalue weighted by molar-refractivity contribution is -0.131. The SMILES string of the molecule is O=C1COc2ccccc2C2CCC(CC2)O/C=C2/C(=N/S(=O)(=O)CC3CCC3)CCCN12. The van der Waals surface area contributed by atoms with Crippen molar-refractivity contribution in [3.05, 3.63) is 41.8 Å². The molecule has 2 bridgehead atoms. The van der Waals surface area contributed by atoms with Crippen LogP contribution in [0.25, 0.3) is 0 Å². The zero-order valence-electron chi connectivity index (χ0n) is 18.9. The Balaban J connectivity index is 1.45. The molecule has 0 N–H and O–H groups in total. The van der Waals surface area contributed by atoms with Gasteiger partial charge in [-0.05, 0) is 74.8 Å². The Bertz CT molecular complexity index is 1050. The van der Waals surface area contributed by atoms with Crippen molar-refractivity contribution in [3.63, 3.8) is 0 Å². The van der Waals surface area contributed by atoms with Crippen LogP contribution in [-0.2, 0) is 19.6 Å². The Morgan fingerprint density at radius 2 is 1.82 bits per heavy atom. The van der Waals surface area contributed by atoms with Gasteiger partial charge in [0.1, 0.15) is 17.7 Å². The fraction of sp³-hybridized carbons (Fsp3) is 0.600. The Morgan fingerprint density at radius 1 is 1.03 bits per heavy atom. The molecule has 1 saturated heterocycles. The molecular weight excluding hydrogens is 440 g/mol. The summed E-state index contributed by atoms with van der Waals surface area (Å²) in [6.45, 7) is 0.390. The van der Waals surface area contributed by atoms with Crippen molar-refractivity contribution in [2.75, 3.05) is 18.9 Å². The van der Waals surface area contributed by atoms with Crippen molar-refractivity contribution in [1.29, 1.82) is 0 Å². The standard InChI is InChI=1S/C25H32N2O5S/c28-25-16-32-24-9-2-1-7-21(24)19-10-12-20(13-11-19)31-15-23-22(8-4-14-27(23)25)26-33(29,30)17-18-5-3-6-18/h1-2,7,9,15,18-20H,3-6,8,10-14,16-17H2/b23-15-,26-22+. The van der Waals surface area contributed by atoms with Crippen LogP contribution in [0.3, 0.4) is 0 Å². The second-order valence-corrected chi connectivity index (χ2v) is 11.4. The van der Waals surface area contributed by atoms with Gasteiger partial charge in [0.15, 0.2) is 6.61 Å². The molecule has 7 nitrogen and oxygen atoms in total. The Morgan fingerprint density at radius 3 is 2.58 bits per heavy atom. The number of piperidine rings is 1. The van der Waals surface area contributed by atoms with Crippen molar-refractivity contribution in [3.8, 4) is 5.75 Å². The van der Waals surface area contributed by atoms with Gasteiger partial charge in [0.2, 0.25) is 0 Å². The van der Waals surface area contributed by atoms with Gasteiger partial charge in [0.05, 0.1) is 17.6 Å². The summed E-state index contributed by atoms with van der Waals surface area (Å²) < 4.78 is 41.9. The van der Waals surface area contributed by atoms with Crippen LogP contribution in [0.1, 0.15) is 69.3 Å². The molecule has 1 aromatic rings. The normalized spacial score (nSPS) is 29.2. The maximum absolute atomic E-state index is 13.2. The number of fused-ring (bicyclic) bond motifs is 5. The molecule has 3 heterocycles.